The molecule has 0 saturated heterocycles. The molecule has 0 N–H and O–H groups in total. The molecule has 0 heterocycles. The fourth-order valence-corrected chi connectivity index (χ4v) is 1.04. The Morgan fingerprint density at radius 1 is 1.00 bits per heavy atom. The second-order valence-corrected chi connectivity index (χ2v) is 3.01. The maximum absolute atomic E-state index is 3.60. The van der Waals surface area contributed by atoms with E-state index in [0.29, 0.717) is 0 Å². The zero-order valence-corrected chi connectivity index (χ0v) is 8.79. The first-order chi connectivity index (χ1) is 7.43. The van der Waals surface area contributed by atoms with Crippen LogP contribution in [0, 0.1) is 23.7 Å². The predicted molar refractivity (Wildman–Crippen MR) is 65.1 cm³/mol. The number of unbranched alkanes of at least 4 members (excludes halogenated alkanes) is 1. The summed E-state index contributed by atoms with van der Waals surface area (Å²) < 4.78 is 0. The van der Waals surface area contributed by atoms with Gasteiger partial charge in [0.25, 0.3) is 0 Å². The first-order valence-electron chi connectivity index (χ1n) is 5.04. The monoisotopic (exact) mass is 194 g/mol. The minimum atomic E-state index is 0.770. The van der Waals surface area contributed by atoms with Gasteiger partial charge in [-0.25, -0.2) is 0 Å². The van der Waals surface area contributed by atoms with Crippen LogP contribution in [0.2, 0.25) is 0 Å². The Morgan fingerprint density at radius 3 is 2.47 bits per heavy atom. The lowest BCUT2D eigenvalue weighted by Crippen LogP contribution is -1.71. The van der Waals surface area contributed by atoms with Crippen LogP contribution in [0.4, 0.5) is 0 Å². The summed E-state index contributed by atoms with van der Waals surface area (Å²) in [5.41, 5.74) is 1.07. The normalized spacial score (nSPS) is 8.00. The molecular formula is C15H14. The third-order valence-corrected chi connectivity index (χ3v) is 1.75. The van der Waals surface area contributed by atoms with Crippen molar-refractivity contribution in [1.29, 1.82) is 0 Å². The van der Waals surface area contributed by atoms with Gasteiger partial charge in [-0.15, -0.1) is 12.5 Å². The Labute approximate surface area is 92.0 Å². The summed E-state index contributed by atoms with van der Waals surface area (Å²) in [5, 5.41) is 0. The van der Waals surface area contributed by atoms with E-state index in [9.17, 15) is 0 Å². The topological polar surface area (TPSA) is 0 Å². The number of rotatable bonds is 2. The highest BCUT2D eigenvalue weighted by atomic mass is 13.8. The van der Waals surface area contributed by atoms with Crippen molar-refractivity contribution in [2.24, 2.45) is 0 Å². The van der Waals surface area contributed by atoms with Crippen LogP contribution < -0.4 is 0 Å². The van der Waals surface area contributed by atoms with E-state index < -0.39 is 0 Å². The smallest absolute Gasteiger partial charge is 0.0267 e. The molecule has 0 amide bonds. The van der Waals surface area contributed by atoms with Crippen molar-refractivity contribution in [2.45, 2.75) is 19.3 Å². The van der Waals surface area contributed by atoms with Crippen molar-refractivity contribution in [3.8, 4) is 23.7 Å². The van der Waals surface area contributed by atoms with E-state index in [0.717, 1.165) is 24.8 Å². The number of hydrogen-bond acceptors (Lipinski definition) is 0. The molecular weight excluding hydrogens is 180 g/mol. The molecule has 0 saturated carbocycles. The highest BCUT2D eigenvalue weighted by Crippen LogP contribution is 1.95. The molecule has 0 unspecified atom stereocenters. The largest absolute Gasteiger partial charge is 0.102 e. The summed E-state index contributed by atoms with van der Waals surface area (Å²) in [4.78, 5) is 0. The summed E-state index contributed by atoms with van der Waals surface area (Å²) in [6.07, 6.45) is 4.25. The summed E-state index contributed by atoms with van der Waals surface area (Å²) >= 11 is 0. The maximum atomic E-state index is 3.60. The van der Waals surface area contributed by atoms with Crippen LogP contribution in [0.3, 0.4) is 0 Å². The van der Waals surface area contributed by atoms with Gasteiger partial charge in [-0.05, 0) is 12.1 Å². The summed E-state index contributed by atoms with van der Waals surface area (Å²) in [6, 6.07) is 10.0. The second-order valence-electron chi connectivity index (χ2n) is 3.01. The molecule has 0 fully saturated rings. The van der Waals surface area contributed by atoms with Crippen LogP contribution in [0.25, 0.3) is 0 Å². The third kappa shape index (κ3) is 5.40. The molecule has 0 heteroatoms. The molecule has 1 aromatic carbocycles. The molecule has 0 aliphatic carbocycles. The van der Waals surface area contributed by atoms with Gasteiger partial charge in [-0.3, -0.25) is 0 Å². The molecule has 0 nitrogen and oxygen atoms in total. The van der Waals surface area contributed by atoms with E-state index in [2.05, 4.69) is 30.3 Å². The first kappa shape index (κ1) is 11.2. The molecule has 0 spiro atoms. The van der Waals surface area contributed by atoms with Gasteiger partial charge in [-0.1, -0.05) is 42.0 Å². The average Bonchev–Trinajstić information content (AvgIpc) is 2.29. The van der Waals surface area contributed by atoms with Crippen molar-refractivity contribution in [2.75, 3.05) is 0 Å². The van der Waals surface area contributed by atoms with Gasteiger partial charge in [-0.2, -0.15) is 0 Å². The van der Waals surface area contributed by atoms with Crippen LogP contribution in [-0.2, 0) is 0 Å². The van der Waals surface area contributed by atoms with Crippen LogP contribution >= 0.6 is 0 Å². The van der Waals surface area contributed by atoms with Crippen molar-refractivity contribution < 1.29 is 0 Å². The standard InChI is InChI=1S/C15H14/c1-2-3-4-5-6-7-9-12-15-13-10-8-11-14-15/h2,8,10-11,13-14H,1,3,6-7H2. The van der Waals surface area contributed by atoms with E-state index in [4.69, 9.17) is 0 Å². The molecule has 0 atom stereocenters. The number of hydrogen-bond donors (Lipinski definition) is 0. The fourth-order valence-electron chi connectivity index (χ4n) is 1.04. The van der Waals surface area contributed by atoms with Gasteiger partial charge in [0.15, 0.2) is 0 Å². The molecule has 1 rings (SSSR count). The van der Waals surface area contributed by atoms with Gasteiger partial charge >= 0.3 is 0 Å². The van der Waals surface area contributed by atoms with E-state index in [-0.39, 0.29) is 0 Å². The summed E-state index contributed by atoms with van der Waals surface area (Å²) in [6.45, 7) is 3.60. The van der Waals surface area contributed by atoms with E-state index in [1.54, 1.807) is 0 Å². The molecule has 0 bridgehead atoms. The lowest BCUT2D eigenvalue weighted by atomic mass is 10.2. The van der Waals surface area contributed by atoms with Gasteiger partial charge in [0.1, 0.15) is 0 Å². The van der Waals surface area contributed by atoms with Crippen molar-refractivity contribution in [3.63, 3.8) is 0 Å². The zero-order valence-electron chi connectivity index (χ0n) is 8.79. The minimum Gasteiger partial charge on any atom is -0.102 e. The van der Waals surface area contributed by atoms with Crippen LogP contribution in [-0.4, -0.2) is 0 Å². The Kier molecular flexibility index (Phi) is 5.56. The quantitative estimate of drug-likeness (QED) is 0.384. The fraction of sp³-hybridized carbons (Fsp3) is 0.200. The Balaban J connectivity index is 2.30. The average molecular weight is 194 g/mol. The lowest BCUT2D eigenvalue weighted by Gasteiger charge is -1.85. The van der Waals surface area contributed by atoms with Gasteiger partial charge in [0.2, 0.25) is 0 Å². The molecule has 0 aromatic heterocycles. The second kappa shape index (κ2) is 7.48. The molecule has 1 aromatic rings. The Bertz CT molecular complexity index is 404. The molecule has 0 radical (unpaired) electrons. The van der Waals surface area contributed by atoms with Crippen molar-refractivity contribution in [3.05, 3.63) is 48.6 Å². The third-order valence-electron chi connectivity index (χ3n) is 1.75. The Morgan fingerprint density at radius 2 is 1.73 bits per heavy atom. The highest BCUT2D eigenvalue weighted by molar-refractivity contribution is 5.33. The van der Waals surface area contributed by atoms with Crippen LogP contribution in [0.1, 0.15) is 24.8 Å². The predicted octanol–water partition coefficient (Wildman–Crippen LogP) is 3.40. The molecule has 0 aliphatic rings. The minimum absolute atomic E-state index is 0.770. The molecule has 74 valence electrons. The lowest BCUT2D eigenvalue weighted by molar-refractivity contribution is 1.12. The Hall–Kier alpha value is -1.92. The van der Waals surface area contributed by atoms with E-state index >= 15 is 0 Å². The van der Waals surface area contributed by atoms with Crippen LogP contribution in [0.5, 0.6) is 0 Å². The zero-order chi connectivity index (χ0) is 10.8. The van der Waals surface area contributed by atoms with Crippen molar-refractivity contribution in [1.82, 2.24) is 0 Å². The highest BCUT2D eigenvalue weighted by Gasteiger charge is 1.80. The van der Waals surface area contributed by atoms with Crippen LogP contribution in [0.15, 0.2) is 43.0 Å². The van der Waals surface area contributed by atoms with Gasteiger partial charge in [0, 0.05) is 24.8 Å². The summed E-state index contributed by atoms with van der Waals surface area (Å²) in [7, 11) is 0. The number of allylic oxidation sites excluding steroid dienone is 1. The van der Waals surface area contributed by atoms with Gasteiger partial charge in [0.05, 0.1) is 0 Å². The molecule has 0 aliphatic heterocycles. The summed E-state index contributed by atoms with van der Waals surface area (Å²) in [5.74, 6) is 12.2. The van der Waals surface area contributed by atoms with E-state index in [1.807, 2.05) is 36.4 Å². The SMILES string of the molecule is C=CCC#CCCC#Cc1ccccc1. The first-order valence-corrected chi connectivity index (χ1v) is 5.04. The van der Waals surface area contributed by atoms with Gasteiger partial charge < -0.3 is 0 Å². The molecule has 15 heavy (non-hydrogen) atoms. The van der Waals surface area contributed by atoms with Crippen molar-refractivity contribution >= 4 is 0 Å². The van der Waals surface area contributed by atoms with E-state index in [1.165, 1.54) is 0 Å². The number of benzene rings is 1. The maximum Gasteiger partial charge on any atom is 0.0267 e.